The van der Waals surface area contributed by atoms with E-state index in [-0.39, 0.29) is 17.4 Å². The number of nitrogens with one attached hydrogen (secondary N) is 1. The van der Waals surface area contributed by atoms with E-state index >= 15 is 0 Å². The lowest BCUT2D eigenvalue weighted by Gasteiger charge is -2.23. The molecule has 0 bridgehead atoms. The first kappa shape index (κ1) is 17.4. The van der Waals surface area contributed by atoms with Crippen molar-refractivity contribution in [3.05, 3.63) is 77.9 Å². The molecule has 1 aliphatic heterocycles. The molecule has 0 fully saturated rings. The Bertz CT molecular complexity index is 963. The van der Waals surface area contributed by atoms with Crippen molar-refractivity contribution in [3.8, 4) is 11.1 Å². The van der Waals surface area contributed by atoms with Crippen molar-refractivity contribution in [1.82, 2.24) is 14.9 Å². The highest BCUT2D eigenvalue weighted by molar-refractivity contribution is 5.95. The minimum absolute atomic E-state index is 0.124. The molecule has 0 aliphatic carbocycles. The van der Waals surface area contributed by atoms with Crippen LogP contribution >= 0.6 is 0 Å². The van der Waals surface area contributed by atoms with Gasteiger partial charge in [-0.2, -0.15) is 0 Å². The van der Waals surface area contributed by atoms with Gasteiger partial charge in [0, 0.05) is 37.0 Å². The van der Waals surface area contributed by atoms with Crippen LogP contribution in [0.4, 0.5) is 8.78 Å². The maximum atomic E-state index is 14.0. The number of carbonyl (C=O) groups is 1. The summed E-state index contributed by atoms with van der Waals surface area (Å²) < 4.78 is 30.2. The van der Waals surface area contributed by atoms with Crippen LogP contribution in [0.5, 0.6) is 0 Å². The Hall–Kier alpha value is -3.02. The molecule has 1 amide bonds. The van der Waals surface area contributed by atoms with Gasteiger partial charge in [0.1, 0.15) is 17.5 Å². The van der Waals surface area contributed by atoms with Crippen LogP contribution in [0.2, 0.25) is 0 Å². The Morgan fingerprint density at radius 2 is 1.96 bits per heavy atom. The number of aryl methyl sites for hydroxylation is 1. The van der Waals surface area contributed by atoms with Gasteiger partial charge in [-0.25, -0.2) is 13.8 Å². The second-order valence-corrected chi connectivity index (χ2v) is 6.71. The molecule has 3 aromatic rings. The molecular formula is C21H19F2N3O. The summed E-state index contributed by atoms with van der Waals surface area (Å²) in [7, 11) is 0. The molecule has 0 spiro atoms. The van der Waals surface area contributed by atoms with Crippen molar-refractivity contribution in [1.29, 1.82) is 0 Å². The maximum absolute atomic E-state index is 14.0. The standard InChI is InChI=1S/C21H19F2N3O/c22-17-7-2-8-18(23)19(17)14-4-1-5-15(12-14)21(27)25-13-16-6-3-10-26-11-9-24-20(16)26/h1-2,4-5,7-9,11-12,16H,3,6,10,13H2,(H,25,27). The van der Waals surface area contributed by atoms with E-state index in [0.717, 1.165) is 25.2 Å². The predicted octanol–water partition coefficient (Wildman–Crippen LogP) is 4.14. The van der Waals surface area contributed by atoms with Crippen molar-refractivity contribution in [3.63, 3.8) is 0 Å². The Morgan fingerprint density at radius 1 is 1.19 bits per heavy atom. The number of rotatable bonds is 4. The number of amides is 1. The third-order valence-electron chi connectivity index (χ3n) is 4.95. The lowest BCUT2D eigenvalue weighted by molar-refractivity contribution is 0.0949. The average molecular weight is 367 g/mol. The summed E-state index contributed by atoms with van der Waals surface area (Å²) in [6, 6.07) is 10.1. The van der Waals surface area contributed by atoms with Crippen molar-refractivity contribution in [2.45, 2.75) is 25.3 Å². The fourth-order valence-corrected chi connectivity index (χ4v) is 3.61. The van der Waals surface area contributed by atoms with Gasteiger partial charge >= 0.3 is 0 Å². The Morgan fingerprint density at radius 3 is 2.78 bits per heavy atom. The number of hydrogen-bond acceptors (Lipinski definition) is 2. The van der Waals surface area contributed by atoms with Gasteiger partial charge in [-0.3, -0.25) is 4.79 Å². The molecule has 0 saturated heterocycles. The van der Waals surface area contributed by atoms with Gasteiger partial charge in [0.05, 0.1) is 5.56 Å². The molecular weight excluding hydrogens is 348 g/mol. The molecule has 1 atom stereocenters. The zero-order valence-corrected chi connectivity index (χ0v) is 14.7. The van der Waals surface area contributed by atoms with E-state index in [1.165, 1.54) is 24.3 Å². The van der Waals surface area contributed by atoms with Crippen molar-refractivity contribution in [2.24, 2.45) is 0 Å². The second-order valence-electron chi connectivity index (χ2n) is 6.71. The normalized spacial score (nSPS) is 16.0. The van der Waals surface area contributed by atoms with Crippen LogP contribution in [-0.2, 0) is 6.54 Å². The Labute approximate surface area is 155 Å². The minimum atomic E-state index is -0.651. The van der Waals surface area contributed by atoms with Crippen LogP contribution in [0, 0.1) is 11.6 Å². The summed E-state index contributed by atoms with van der Waals surface area (Å²) in [5, 5.41) is 2.93. The smallest absolute Gasteiger partial charge is 0.251 e. The van der Waals surface area contributed by atoms with Gasteiger partial charge in [-0.05, 0) is 42.7 Å². The number of aromatic nitrogens is 2. The van der Waals surface area contributed by atoms with Gasteiger partial charge in [0.15, 0.2) is 0 Å². The van der Waals surface area contributed by atoms with Gasteiger partial charge in [0.2, 0.25) is 0 Å². The molecule has 4 rings (SSSR count). The van der Waals surface area contributed by atoms with Crippen LogP contribution in [0.1, 0.15) is 34.9 Å². The van der Waals surface area contributed by atoms with Crippen LogP contribution in [0.3, 0.4) is 0 Å². The minimum Gasteiger partial charge on any atom is -0.351 e. The molecule has 2 aromatic carbocycles. The number of fused-ring (bicyclic) bond motifs is 1. The van der Waals surface area contributed by atoms with E-state index in [4.69, 9.17) is 0 Å². The number of nitrogens with zero attached hydrogens (tertiary/aromatic N) is 2. The van der Waals surface area contributed by atoms with Crippen LogP contribution in [0.25, 0.3) is 11.1 Å². The van der Waals surface area contributed by atoms with Gasteiger partial charge in [0.25, 0.3) is 5.91 Å². The van der Waals surface area contributed by atoms with Crippen molar-refractivity contribution in [2.75, 3.05) is 6.54 Å². The number of halogens is 2. The first-order valence-electron chi connectivity index (χ1n) is 8.97. The monoisotopic (exact) mass is 367 g/mol. The van der Waals surface area contributed by atoms with Gasteiger partial charge < -0.3 is 9.88 Å². The van der Waals surface area contributed by atoms with Crippen molar-refractivity contribution < 1.29 is 13.6 Å². The maximum Gasteiger partial charge on any atom is 0.251 e. The first-order valence-corrected chi connectivity index (χ1v) is 8.97. The summed E-state index contributed by atoms with van der Waals surface area (Å²) in [6.07, 6.45) is 5.75. The quantitative estimate of drug-likeness (QED) is 0.754. The zero-order chi connectivity index (χ0) is 18.8. The van der Waals surface area contributed by atoms with Gasteiger partial charge in [-0.15, -0.1) is 0 Å². The zero-order valence-electron chi connectivity index (χ0n) is 14.7. The first-order chi connectivity index (χ1) is 13.1. The van der Waals surface area contributed by atoms with E-state index in [1.807, 2.05) is 6.20 Å². The molecule has 1 N–H and O–H groups in total. The highest BCUT2D eigenvalue weighted by atomic mass is 19.1. The number of hydrogen-bond donors (Lipinski definition) is 1. The third kappa shape index (κ3) is 3.47. The fraction of sp³-hybridized carbons (Fsp3) is 0.238. The molecule has 1 unspecified atom stereocenters. The molecule has 27 heavy (non-hydrogen) atoms. The third-order valence-corrected chi connectivity index (χ3v) is 4.95. The highest BCUT2D eigenvalue weighted by Crippen LogP contribution is 2.27. The Kier molecular flexibility index (Phi) is 4.71. The summed E-state index contributed by atoms with van der Waals surface area (Å²) in [5.74, 6) is -0.408. The molecule has 4 nitrogen and oxygen atoms in total. The number of benzene rings is 2. The second kappa shape index (κ2) is 7.31. The van der Waals surface area contributed by atoms with Crippen LogP contribution in [0.15, 0.2) is 54.9 Å². The average Bonchev–Trinajstić information content (AvgIpc) is 3.15. The van der Waals surface area contributed by atoms with E-state index in [9.17, 15) is 13.6 Å². The fourth-order valence-electron chi connectivity index (χ4n) is 3.61. The largest absolute Gasteiger partial charge is 0.351 e. The van der Waals surface area contributed by atoms with Crippen LogP contribution < -0.4 is 5.32 Å². The molecule has 6 heteroatoms. The van der Waals surface area contributed by atoms with Crippen LogP contribution in [-0.4, -0.2) is 22.0 Å². The number of imidazole rings is 1. The summed E-state index contributed by atoms with van der Waals surface area (Å²) in [4.78, 5) is 17.0. The van der Waals surface area contributed by atoms with Gasteiger partial charge in [-0.1, -0.05) is 18.2 Å². The topological polar surface area (TPSA) is 46.9 Å². The Balaban J connectivity index is 1.51. The summed E-state index contributed by atoms with van der Waals surface area (Å²) in [6.45, 7) is 1.43. The summed E-state index contributed by atoms with van der Waals surface area (Å²) >= 11 is 0. The SMILES string of the molecule is O=C(NCC1CCCn2ccnc21)c1cccc(-c2c(F)cccc2F)c1. The van der Waals surface area contributed by atoms with E-state index in [2.05, 4.69) is 14.9 Å². The highest BCUT2D eigenvalue weighted by Gasteiger charge is 2.22. The molecule has 0 radical (unpaired) electrons. The molecule has 2 heterocycles. The van der Waals surface area contributed by atoms with Crippen molar-refractivity contribution >= 4 is 5.91 Å². The lowest BCUT2D eigenvalue weighted by Crippen LogP contribution is -2.31. The molecule has 1 aliphatic rings. The lowest BCUT2D eigenvalue weighted by atomic mass is 9.98. The number of carbonyl (C=O) groups excluding carboxylic acids is 1. The predicted molar refractivity (Wildman–Crippen MR) is 98.3 cm³/mol. The molecule has 1 aromatic heterocycles. The van der Waals surface area contributed by atoms with E-state index in [1.54, 1.807) is 24.4 Å². The summed E-state index contributed by atoms with van der Waals surface area (Å²) in [5.41, 5.74) is 0.585. The van der Waals surface area contributed by atoms with E-state index in [0.29, 0.717) is 17.7 Å². The van der Waals surface area contributed by atoms with E-state index < -0.39 is 11.6 Å². The molecule has 0 saturated carbocycles. The molecule has 138 valence electrons.